The molecule has 5 N–H and O–H groups in total. The third-order valence-electron chi connectivity index (χ3n) is 6.06. The first-order valence-corrected chi connectivity index (χ1v) is 12.4. The summed E-state index contributed by atoms with van der Waals surface area (Å²) in [6.45, 7) is 6.10. The summed E-state index contributed by atoms with van der Waals surface area (Å²) in [5, 5.41) is 9.88. The first-order chi connectivity index (χ1) is 18.3. The van der Waals surface area contributed by atoms with Crippen molar-refractivity contribution >= 4 is 29.2 Å². The average molecular weight is 520 g/mol. The zero-order valence-electron chi connectivity index (χ0n) is 21.9. The number of halogens is 1. The van der Waals surface area contributed by atoms with Gasteiger partial charge in [0.05, 0.1) is 17.6 Å². The number of aliphatic imine (C=N–C) groups is 2. The summed E-state index contributed by atoms with van der Waals surface area (Å²) < 4.78 is 12.6. The number of nitrogens with two attached hydrogens (primary N) is 1. The molecule has 0 radical (unpaired) electrons. The number of H-pyrrole nitrogens is 2. The molecule has 1 aliphatic carbocycles. The molecule has 3 aromatic rings. The van der Waals surface area contributed by atoms with Crippen LogP contribution >= 0.6 is 0 Å². The van der Waals surface area contributed by atoms with Gasteiger partial charge >= 0.3 is 0 Å². The number of amides is 1. The van der Waals surface area contributed by atoms with Crippen LogP contribution in [0.2, 0.25) is 0 Å². The van der Waals surface area contributed by atoms with E-state index < -0.39 is 5.95 Å². The number of hydrogen-bond donors (Lipinski definition) is 4. The highest BCUT2D eigenvalue weighted by Gasteiger charge is 2.26. The number of guanidine groups is 1. The highest BCUT2D eigenvalue weighted by atomic mass is 19.1. The topological polar surface area (TPSA) is 140 Å². The van der Waals surface area contributed by atoms with Crippen LogP contribution in [0, 0.1) is 25.7 Å². The summed E-state index contributed by atoms with van der Waals surface area (Å²) in [5.41, 5.74) is 9.17. The molecule has 0 bridgehead atoms. The van der Waals surface area contributed by atoms with Crippen LogP contribution in [0.3, 0.4) is 0 Å². The fourth-order valence-electron chi connectivity index (χ4n) is 3.99. The Kier molecular flexibility index (Phi) is 9.76. The third-order valence-corrected chi connectivity index (χ3v) is 6.06. The van der Waals surface area contributed by atoms with E-state index in [-0.39, 0.29) is 5.91 Å². The molecule has 3 aromatic heterocycles. The Morgan fingerprint density at radius 1 is 1.29 bits per heavy atom. The second-order valence-corrected chi connectivity index (χ2v) is 9.14. The number of aromatic nitrogens is 4. The van der Waals surface area contributed by atoms with E-state index in [0.717, 1.165) is 30.8 Å². The molecule has 200 valence electrons. The molecule has 1 aliphatic heterocycles. The number of rotatable bonds is 4. The number of terminal acetylenes is 1. The molecule has 1 amide bonds. The van der Waals surface area contributed by atoms with E-state index in [4.69, 9.17) is 5.73 Å². The first kappa shape index (κ1) is 28.1. The highest BCUT2D eigenvalue weighted by Crippen LogP contribution is 2.39. The number of hydrogen-bond acceptors (Lipinski definition) is 4. The summed E-state index contributed by atoms with van der Waals surface area (Å²) in [6.07, 6.45) is 15.9. The van der Waals surface area contributed by atoms with Gasteiger partial charge in [-0.25, -0.2) is 9.98 Å². The van der Waals surface area contributed by atoms with Crippen molar-refractivity contribution in [3.05, 3.63) is 59.6 Å². The maximum Gasteiger partial charge on any atom is 0.221 e. The van der Waals surface area contributed by atoms with Crippen molar-refractivity contribution in [2.75, 3.05) is 11.9 Å². The zero-order chi connectivity index (χ0) is 27.7. The van der Waals surface area contributed by atoms with Gasteiger partial charge in [0.25, 0.3) is 0 Å². The van der Waals surface area contributed by atoms with Gasteiger partial charge < -0.3 is 20.9 Å². The number of anilines is 1. The normalized spacial score (nSPS) is 17.2. The Morgan fingerprint density at radius 3 is 2.63 bits per heavy atom. The van der Waals surface area contributed by atoms with Crippen LogP contribution in [0.5, 0.6) is 0 Å². The Labute approximate surface area is 222 Å². The number of nitrogens with one attached hydrogen (secondary N) is 3. The van der Waals surface area contributed by atoms with E-state index in [1.807, 2.05) is 24.4 Å². The number of likely N-dealkylation sites (tertiary alicyclic amines) is 1. The fourth-order valence-corrected chi connectivity index (χ4v) is 3.99. The zero-order valence-corrected chi connectivity index (χ0v) is 21.9. The van der Waals surface area contributed by atoms with Crippen LogP contribution in [0.1, 0.15) is 62.4 Å². The number of aryl methyl sites for hydroxylation is 1. The molecule has 10 nitrogen and oxygen atoms in total. The van der Waals surface area contributed by atoms with Gasteiger partial charge in [0.1, 0.15) is 0 Å². The summed E-state index contributed by atoms with van der Waals surface area (Å²) in [5.74, 6) is 1.64. The van der Waals surface area contributed by atoms with Crippen LogP contribution in [-0.2, 0) is 4.79 Å². The van der Waals surface area contributed by atoms with Gasteiger partial charge in [-0.15, -0.1) is 12.8 Å². The minimum absolute atomic E-state index is 0.192. The summed E-state index contributed by atoms with van der Waals surface area (Å²) in [4.78, 5) is 28.5. The number of pyridine rings is 1. The number of carbonyl (C=O) groups excluding carboxylic acids is 1. The Hall–Kier alpha value is -4.46. The molecular formula is C27H34FN9O. The Morgan fingerprint density at radius 2 is 2.05 bits per heavy atom. The molecule has 0 spiro atoms. The van der Waals surface area contributed by atoms with Crippen molar-refractivity contribution in [1.82, 2.24) is 25.1 Å². The van der Waals surface area contributed by atoms with Crippen molar-refractivity contribution in [3.8, 4) is 12.8 Å². The van der Waals surface area contributed by atoms with Gasteiger partial charge in [-0.3, -0.25) is 9.89 Å². The molecule has 2 aliphatic rings. The molecule has 38 heavy (non-hydrogen) atoms. The molecule has 2 fully saturated rings. The van der Waals surface area contributed by atoms with Gasteiger partial charge in [0.2, 0.25) is 11.9 Å². The van der Waals surface area contributed by atoms with Gasteiger partial charge in [-0.2, -0.15) is 14.5 Å². The smallest absolute Gasteiger partial charge is 0.221 e. The largest absolute Gasteiger partial charge is 0.369 e. The summed E-state index contributed by atoms with van der Waals surface area (Å²) >= 11 is 0. The monoisotopic (exact) mass is 519 g/mol. The minimum Gasteiger partial charge on any atom is -0.369 e. The van der Waals surface area contributed by atoms with Gasteiger partial charge in [0.15, 0.2) is 17.6 Å². The second kappa shape index (κ2) is 13.2. The molecule has 5 rings (SSSR count). The van der Waals surface area contributed by atoms with E-state index in [9.17, 15) is 9.18 Å². The fraction of sp³-hybridized carbons (Fsp3) is 0.370. The van der Waals surface area contributed by atoms with E-state index in [0.29, 0.717) is 40.8 Å². The number of aromatic amines is 2. The van der Waals surface area contributed by atoms with E-state index in [1.165, 1.54) is 32.0 Å². The van der Waals surface area contributed by atoms with Crippen LogP contribution in [0.4, 0.5) is 15.9 Å². The van der Waals surface area contributed by atoms with Crippen LogP contribution in [0.15, 0.2) is 46.6 Å². The van der Waals surface area contributed by atoms with Crippen molar-refractivity contribution < 1.29 is 9.18 Å². The lowest BCUT2D eigenvalue weighted by molar-refractivity contribution is -0.114. The second-order valence-electron chi connectivity index (χ2n) is 9.14. The number of carbonyl (C=O) groups is 1. The molecule has 4 heterocycles. The van der Waals surface area contributed by atoms with Crippen molar-refractivity contribution in [1.29, 1.82) is 0 Å². The minimum atomic E-state index is -0.510. The van der Waals surface area contributed by atoms with Gasteiger partial charge in [-0.1, -0.05) is 0 Å². The number of nitrogens with zero attached hydrogens (tertiary/aromatic N) is 5. The quantitative estimate of drug-likeness (QED) is 0.177. The SMILES string of the molecule is C#C.CC(=O)Nc1cnc(F)c(C)c1.C[C@H]1CCCN1C(N)=NC(=Nc1cc(C2CC2)[nH]n1)c1ccc[nH]1. The standard InChI is InChI=1S/C17H23N7.C8H9FN2O.C2H2/c1-11-4-3-9-24(11)17(18)21-16(13-5-2-8-19-13)20-15-10-14(22-23-15)12-6-7-12;1-5-3-7(11-6(2)12)4-10-8(5)9;1-2/h2,5,8,10-12,19H,3-4,6-7,9H2,1H3,(H3,18,20,21,22,23);3-4H,1-2H3,(H,11,12);1-2H/t11-;;/m0../s1. The maximum absolute atomic E-state index is 12.6. The lowest BCUT2D eigenvalue weighted by Crippen LogP contribution is -2.40. The maximum atomic E-state index is 12.6. The van der Waals surface area contributed by atoms with Crippen molar-refractivity contribution in [2.45, 2.75) is 58.4 Å². The van der Waals surface area contributed by atoms with Crippen LogP contribution < -0.4 is 11.1 Å². The number of amidine groups is 1. The lowest BCUT2D eigenvalue weighted by Gasteiger charge is -2.22. The molecule has 11 heteroatoms. The first-order valence-electron chi connectivity index (χ1n) is 12.4. The summed E-state index contributed by atoms with van der Waals surface area (Å²) in [6, 6.07) is 7.83. The lowest BCUT2D eigenvalue weighted by atomic mass is 10.2. The van der Waals surface area contributed by atoms with Crippen LogP contribution in [-0.4, -0.2) is 55.4 Å². The molecule has 1 saturated heterocycles. The molecular weight excluding hydrogens is 485 g/mol. The van der Waals surface area contributed by atoms with Gasteiger partial charge in [0, 0.05) is 48.9 Å². The Balaban J connectivity index is 0.000000242. The van der Waals surface area contributed by atoms with Gasteiger partial charge in [-0.05, 0) is 57.7 Å². The predicted octanol–water partition coefficient (Wildman–Crippen LogP) is 4.23. The third kappa shape index (κ3) is 7.77. The van der Waals surface area contributed by atoms with Crippen molar-refractivity contribution in [3.63, 3.8) is 0 Å². The van der Waals surface area contributed by atoms with E-state index in [2.05, 4.69) is 60.1 Å². The van der Waals surface area contributed by atoms with Crippen molar-refractivity contribution in [2.24, 2.45) is 15.7 Å². The molecule has 0 unspecified atom stereocenters. The molecule has 0 aromatic carbocycles. The highest BCUT2D eigenvalue weighted by molar-refractivity contribution is 6.05. The Bertz CT molecular complexity index is 1290. The van der Waals surface area contributed by atoms with Crippen LogP contribution in [0.25, 0.3) is 0 Å². The predicted molar refractivity (Wildman–Crippen MR) is 148 cm³/mol. The molecule has 1 atom stereocenters. The average Bonchev–Trinajstić information content (AvgIpc) is 3.26. The van der Waals surface area contributed by atoms with E-state index in [1.54, 1.807) is 6.92 Å². The molecule has 1 saturated carbocycles. The van der Waals surface area contributed by atoms with E-state index >= 15 is 0 Å². The summed E-state index contributed by atoms with van der Waals surface area (Å²) in [7, 11) is 0.